The largest absolute Gasteiger partial charge is 0.389 e. The fourth-order valence-electron chi connectivity index (χ4n) is 3.43. The molecule has 2 aromatic carbocycles. The van der Waals surface area contributed by atoms with E-state index in [2.05, 4.69) is 83.3 Å². The van der Waals surface area contributed by atoms with E-state index in [0.717, 1.165) is 0 Å². The SMILES string of the molecule is Cc1cccc(C)c1C(OC[C@@H](O)CNC(C)C)c1c(C)cccc1C. The van der Waals surface area contributed by atoms with Crippen molar-refractivity contribution in [2.24, 2.45) is 0 Å². The third-order valence-electron chi connectivity index (χ3n) is 4.83. The van der Waals surface area contributed by atoms with Crippen LogP contribution in [-0.4, -0.2) is 30.4 Å². The Morgan fingerprint density at radius 2 is 1.27 bits per heavy atom. The molecule has 0 saturated heterocycles. The smallest absolute Gasteiger partial charge is 0.109 e. The van der Waals surface area contributed by atoms with E-state index in [4.69, 9.17) is 4.74 Å². The summed E-state index contributed by atoms with van der Waals surface area (Å²) in [6.45, 7) is 13.5. The fourth-order valence-corrected chi connectivity index (χ4v) is 3.43. The Morgan fingerprint density at radius 1 is 0.846 bits per heavy atom. The minimum Gasteiger partial charge on any atom is -0.389 e. The zero-order valence-corrected chi connectivity index (χ0v) is 17.0. The van der Waals surface area contributed by atoms with Gasteiger partial charge in [-0.3, -0.25) is 0 Å². The summed E-state index contributed by atoms with van der Waals surface area (Å²) in [6.07, 6.45) is -0.709. The van der Waals surface area contributed by atoms with Gasteiger partial charge in [-0.15, -0.1) is 0 Å². The molecule has 2 rings (SSSR count). The monoisotopic (exact) mass is 355 g/mol. The highest BCUT2D eigenvalue weighted by Gasteiger charge is 2.23. The van der Waals surface area contributed by atoms with Gasteiger partial charge in [-0.05, 0) is 61.1 Å². The second-order valence-corrected chi connectivity index (χ2v) is 7.54. The summed E-state index contributed by atoms with van der Waals surface area (Å²) >= 11 is 0. The first kappa shape index (κ1) is 20.6. The van der Waals surface area contributed by atoms with Crippen molar-refractivity contribution in [1.29, 1.82) is 0 Å². The van der Waals surface area contributed by atoms with E-state index in [-0.39, 0.29) is 6.10 Å². The third-order valence-corrected chi connectivity index (χ3v) is 4.83. The molecule has 0 radical (unpaired) electrons. The summed E-state index contributed by atoms with van der Waals surface area (Å²) in [5.41, 5.74) is 7.27. The molecule has 2 N–H and O–H groups in total. The Labute approximate surface area is 158 Å². The highest BCUT2D eigenvalue weighted by atomic mass is 16.5. The zero-order chi connectivity index (χ0) is 19.3. The molecular weight excluding hydrogens is 322 g/mol. The first-order valence-corrected chi connectivity index (χ1v) is 9.46. The summed E-state index contributed by atoms with van der Waals surface area (Å²) in [4.78, 5) is 0. The van der Waals surface area contributed by atoms with Crippen molar-refractivity contribution in [2.45, 2.75) is 59.8 Å². The average Bonchev–Trinajstić information content (AvgIpc) is 2.56. The zero-order valence-electron chi connectivity index (χ0n) is 17.0. The van der Waals surface area contributed by atoms with Gasteiger partial charge in [0.25, 0.3) is 0 Å². The molecule has 0 fully saturated rings. The lowest BCUT2D eigenvalue weighted by atomic mass is 9.88. The molecule has 3 nitrogen and oxygen atoms in total. The lowest BCUT2D eigenvalue weighted by Crippen LogP contribution is -2.35. The Balaban J connectivity index is 2.34. The maximum Gasteiger partial charge on any atom is 0.109 e. The summed E-state index contributed by atoms with van der Waals surface area (Å²) < 4.78 is 6.34. The van der Waals surface area contributed by atoms with Crippen molar-refractivity contribution < 1.29 is 9.84 Å². The fraction of sp³-hybridized carbons (Fsp3) is 0.478. The van der Waals surface area contributed by atoms with Crippen LogP contribution in [0.3, 0.4) is 0 Å². The predicted octanol–water partition coefficient (Wildman–Crippen LogP) is 4.39. The van der Waals surface area contributed by atoms with Crippen LogP contribution >= 0.6 is 0 Å². The Kier molecular flexibility index (Phi) is 7.39. The number of rotatable bonds is 8. The van der Waals surface area contributed by atoms with Crippen LogP contribution in [0, 0.1) is 27.7 Å². The van der Waals surface area contributed by atoms with Gasteiger partial charge in [0.05, 0.1) is 12.7 Å². The van der Waals surface area contributed by atoms with E-state index in [9.17, 15) is 5.11 Å². The number of benzene rings is 2. The van der Waals surface area contributed by atoms with Gasteiger partial charge in [0.15, 0.2) is 0 Å². The molecule has 0 unspecified atom stereocenters. The normalized spacial score (nSPS) is 12.8. The molecule has 0 aliphatic carbocycles. The minimum atomic E-state index is -0.534. The van der Waals surface area contributed by atoms with Crippen molar-refractivity contribution in [2.75, 3.05) is 13.2 Å². The number of hydrogen-bond donors (Lipinski definition) is 2. The van der Waals surface area contributed by atoms with Gasteiger partial charge in [0, 0.05) is 12.6 Å². The lowest BCUT2D eigenvalue weighted by Gasteiger charge is -2.27. The number of aliphatic hydroxyl groups excluding tert-OH is 1. The Bertz CT molecular complexity index is 632. The van der Waals surface area contributed by atoms with E-state index in [1.165, 1.54) is 33.4 Å². The van der Waals surface area contributed by atoms with Crippen LogP contribution in [-0.2, 0) is 4.74 Å². The summed E-state index contributed by atoms with van der Waals surface area (Å²) in [6, 6.07) is 13.0. The first-order chi connectivity index (χ1) is 12.3. The molecule has 0 spiro atoms. The van der Waals surface area contributed by atoms with E-state index in [0.29, 0.717) is 19.2 Å². The van der Waals surface area contributed by atoms with E-state index in [1.54, 1.807) is 0 Å². The van der Waals surface area contributed by atoms with Crippen molar-refractivity contribution in [3.05, 3.63) is 69.8 Å². The van der Waals surface area contributed by atoms with Crippen LogP contribution < -0.4 is 5.32 Å². The highest BCUT2D eigenvalue weighted by Crippen LogP contribution is 2.34. The molecule has 2 aromatic rings. The van der Waals surface area contributed by atoms with Crippen molar-refractivity contribution in [3.8, 4) is 0 Å². The Hall–Kier alpha value is -1.68. The maximum atomic E-state index is 10.3. The van der Waals surface area contributed by atoms with Crippen LogP contribution in [0.4, 0.5) is 0 Å². The predicted molar refractivity (Wildman–Crippen MR) is 109 cm³/mol. The number of aryl methyl sites for hydroxylation is 4. The number of ether oxygens (including phenoxy) is 1. The van der Waals surface area contributed by atoms with Gasteiger partial charge in [0.1, 0.15) is 6.10 Å². The van der Waals surface area contributed by atoms with Crippen LogP contribution in [0.25, 0.3) is 0 Å². The topological polar surface area (TPSA) is 41.5 Å². The summed E-state index contributed by atoms with van der Waals surface area (Å²) in [5, 5.41) is 13.6. The Morgan fingerprint density at radius 3 is 1.65 bits per heavy atom. The quantitative estimate of drug-likeness (QED) is 0.738. The third kappa shape index (κ3) is 5.16. The van der Waals surface area contributed by atoms with E-state index in [1.807, 2.05) is 0 Å². The van der Waals surface area contributed by atoms with Crippen molar-refractivity contribution in [1.82, 2.24) is 5.32 Å². The van der Waals surface area contributed by atoms with Crippen LogP contribution in [0.5, 0.6) is 0 Å². The van der Waals surface area contributed by atoms with E-state index >= 15 is 0 Å². The molecule has 0 saturated carbocycles. The van der Waals surface area contributed by atoms with Gasteiger partial charge in [-0.25, -0.2) is 0 Å². The van der Waals surface area contributed by atoms with Gasteiger partial charge in [0.2, 0.25) is 0 Å². The molecule has 26 heavy (non-hydrogen) atoms. The molecule has 0 heterocycles. The van der Waals surface area contributed by atoms with Crippen LogP contribution in [0.2, 0.25) is 0 Å². The summed E-state index contributed by atoms with van der Waals surface area (Å²) in [7, 11) is 0. The molecule has 142 valence electrons. The molecule has 0 amide bonds. The number of nitrogens with one attached hydrogen (secondary N) is 1. The minimum absolute atomic E-state index is 0.175. The molecule has 0 aliphatic heterocycles. The first-order valence-electron chi connectivity index (χ1n) is 9.46. The number of hydrogen-bond acceptors (Lipinski definition) is 3. The second-order valence-electron chi connectivity index (χ2n) is 7.54. The summed E-state index contributed by atoms with van der Waals surface area (Å²) in [5.74, 6) is 0. The lowest BCUT2D eigenvalue weighted by molar-refractivity contribution is 0.00512. The molecule has 0 aliphatic rings. The molecular formula is C23H33NO2. The van der Waals surface area contributed by atoms with Crippen molar-refractivity contribution >= 4 is 0 Å². The number of aliphatic hydroxyl groups is 1. The van der Waals surface area contributed by atoms with Gasteiger partial charge in [-0.2, -0.15) is 0 Å². The highest BCUT2D eigenvalue weighted by molar-refractivity contribution is 5.46. The van der Waals surface area contributed by atoms with Gasteiger partial charge < -0.3 is 15.2 Å². The van der Waals surface area contributed by atoms with Gasteiger partial charge in [-0.1, -0.05) is 50.2 Å². The van der Waals surface area contributed by atoms with Crippen molar-refractivity contribution in [3.63, 3.8) is 0 Å². The molecule has 3 heteroatoms. The average molecular weight is 356 g/mol. The second kappa shape index (κ2) is 9.31. The molecule has 0 aromatic heterocycles. The van der Waals surface area contributed by atoms with Crippen LogP contribution in [0.15, 0.2) is 36.4 Å². The molecule has 0 bridgehead atoms. The standard InChI is InChI=1S/C23H33NO2/c1-15(2)24-13-20(25)14-26-23(21-16(3)9-7-10-17(21)4)22-18(5)11-8-12-19(22)6/h7-12,15,20,23-25H,13-14H2,1-6H3/t20-/m0/s1. The van der Waals surface area contributed by atoms with E-state index < -0.39 is 6.10 Å². The van der Waals surface area contributed by atoms with Crippen LogP contribution in [0.1, 0.15) is 53.3 Å². The van der Waals surface area contributed by atoms with Gasteiger partial charge >= 0.3 is 0 Å². The molecule has 1 atom stereocenters. The maximum absolute atomic E-state index is 10.3.